The molecule has 0 spiro atoms. The molecule has 0 heterocycles. The molecule has 0 radical (unpaired) electrons. The maximum absolute atomic E-state index is 13.9. The number of rotatable bonds is 14. The molecule has 6 aromatic carbocycles. The van der Waals surface area contributed by atoms with E-state index in [0.29, 0.717) is 35.5 Å². The van der Waals surface area contributed by atoms with Gasteiger partial charge in [-0.3, -0.25) is 9.59 Å². The zero-order valence-corrected chi connectivity index (χ0v) is 29.1. The van der Waals surface area contributed by atoms with Crippen LogP contribution in [0.3, 0.4) is 0 Å². The predicted octanol–water partition coefficient (Wildman–Crippen LogP) is 12.0. The van der Waals surface area contributed by atoms with Gasteiger partial charge in [0.15, 0.2) is 11.6 Å². The highest BCUT2D eigenvalue weighted by Crippen LogP contribution is 2.40. The van der Waals surface area contributed by atoms with Crippen molar-refractivity contribution in [3.8, 4) is 33.8 Å². The summed E-state index contributed by atoms with van der Waals surface area (Å²) in [6.07, 6.45) is 9.32. The highest BCUT2D eigenvalue weighted by atomic mass is 16.5. The Balaban J connectivity index is 1.26. The van der Waals surface area contributed by atoms with Crippen LogP contribution in [0.15, 0.2) is 109 Å². The maximum Gasteiger partial charge on any atom is 0.194 e. The molecule has 0 aliphatic heterocycles. The van der Waals surface area contributed by atoms with E-state index in [9.17, 15) is 9.59 Å². The summed E-state index contributed by atoms with van der Waals surface area (Å²) in [5.41, 5.74) is 6.03. The third-order valence-electron chi connectivity index (χ3n) is 9.84. The molecule has 0 atom stereocenters. The second-order valence-electron chi connectivity index (χ2n) is 13.4. The Kier molecular flexibility index (Phi) is 10.1. The van der Waals surface area contributed by atoms with Gasteiger partial charge in [0.25, 0.3) is 0 Å². The minimum Gasteiger partial charge on any atom is -0.494 e. The lowest BCUT2D eigenvalue weighted by atomic mass is 9.81. The Morgan fingerprint density at radius 2 is 0.760 bits per heavy atom. The molecule has 252 valence electrons. The van der Waals surface area contributed by atoms with Crippen LogP contribution in [-0.2, 0) is 0 Å². The van der Waals surface area contributed by atoms with Crippen LogP contribution in [0.4, 0.5) is 0 Å². The summed E-state index contributed by atoms with van der Waals surface area (Å²) in [5, 5.41) is 3.72. The molecule has 4 heteroatoms. The van der Waals surface area contributed by atoms with E-state index in [1.165, 1.54) is 38.5 Å². The molecule has 0 bridgehead atoms. The number of carbonyl (C=O) groups excluding carboxylic acids is 2. The van der Waals surface area contributed by atoms with Crippen LogP contribution in [0.2, 0.25) is 0 Å². The highest BCUT2D eigenvalue weighted by molar-refractivity contribution is 6.30. The molecule has 0 unspecified atom stereocenters. The fraction of sp³-hybridized carbons (Fsp3) is 0.261. The topological polar surface area (TPSA) is 52.6 Å². The van der Waals surface area contributed by atoms with Crippen LogP contribution in [0.25, 0.3) is 43.8 Å². The monoisotopic (exact) mass is 660 g/mol. The average Bonchev–Trinajstić information content (AvgIpc) is 3.15. The second kappa shape index (κ2) is 15.1. The number of hydrogen-bond acceptors (Lipinski definition) is 4. The van der Waals surface area contributed by atoms with Gasteiger partial charge in [0.2, 0.25) is 0 Å². The number of carbonyl (C=O) groups is 2. The average molecular weight is 661 g/mol. The highest BCUT2D eigenvalue weighted by Gasteiger charge is 2.30. The number of hydrogen-bond donors (Lipinski definition) is 0. The first-order valence-electron chi connectivity index (χ1n) is 18.2. The number of ketones is 2. The quantitative estimate of drug-likeness (QED) is 0.109. The van der Waals surface area contributed by atoms with Crippen molar-refractivity contribution in [2.75, 3.05) is 13.2 Å². The van der Waals surface area contributed by atoms with Crippen molar-refractivity contribution in [1.82, 2.24) is 0 Å². The first-order chi connectivity index (χ1) is 24.5. The Morgan fingerprint density at radius 3 is 1.14 bits per heavy atom. The fourth-order valence-corrected chi connectivity index (χ4v) is 7.01. The molecule has 0 N–H and O–H groups in total. The lowest BCUT2D eigenvalue weighted by Gasteiger charge is -2.20. The van der Waals surface area contributed by atoms with Gasteiger partial charge in [-0.2, -0.15) is 0 Å². The molecule has 0 saturated carbocycles. The first-order valence-corrected chi connectivity index (χ1v) is 18.2. The maximum atomic E-state index is 13.9. The van der Waals surface area contributed by atoms with Gasteiger partial charge in [-0.15, -0.1) is 0 Å². The van der Waals surface area contributed by atoms with Crippen LogP contribution < -0.4 is 9.47 Å². The van der Waals surface area contributed by atoms with Crippen LogP contribution in [0.1, 0.15) is 97.1 Å². The SMILES string of the molecule is CCCCCCOc1ccc(-c2cc3cc4c(cc3cc2-c2ccc(OCCCCCC)cc2)C(=O)c2cc3ccccc3cc2C4=O)cc1. The van der Waals surface area contributed by atoms with Crippen LogP contribution >= 0.6 is 0 Å². The molecule has 1 aliphatic rings. The smallest absolute Gasteiger partial charge is 0.194 e. The van der Waals surface area contributed by atoms with Gasteiger partial charge < -0.3 is 9.47 Å². The largest absolute Gasteiger partial charge is 0.494 e. The molecule has 1 aliphatic carbocycles. The van der Waals surface area contributed by atoms with E-state index >= 15 is 0 Å². The lowest BCUT2D eigenvalue weighted by Crippen LogP contribution is -2.21. The number of unbranched alkanes of at least 4 members (excludes halogenated alkanes) is 6. The molecule has 0 fully saturated rings. The minimum absolute atomic E-state index is 0.112. The molecule has 50 heavy (non-hydrogen) atoms. The van der Waals surface area contributed by atoms with Gasteiger partial charge in [-0.25, -0.2) is 0 Å². The van der Waals surface area contributed by atoms with E-state index in [2.05, 4.69) is 50.2 Å². The van der Waals surface area contributed by atoms with E-state index < -0.39 is 0 Å². The van der Waals surface area contributed by atoms with E-state index in [-0.39, 0.29) is 11.6 Å². The summed E-state index contributed by atoms with van der Waals surface area (Å²) in [4.78, 5) is 27.9. The Morgan fingerprint density at radius 1 is 0.400 bits per heavy atom. The van der Waals surface area contributed by atoms with Crippen molar-refractivity contribution in [1.29, 1.82) is 0 Å². The van der Waals surface area contributed by atoms with Crippen molar-refractivity contribution in [2.24, 2.45) is 0 Å². The van der Waals surface area contributed by atoms with E-state index in [4.69, 9.17) is 9.47 Å². The van der Waals surface area contributed by atoms with Crippen molar-refractivity contribution in [2.45, 2.75) is 65.2 Å². The normalized spacial score (nSPS) is 12.3. The van der Waals surface area contributed by atoms with Crippen LogP contribution in [0.5, 0.6) is 11.5 Å². The fourth-order valence-electron chi connectivity index (χ4n) is 7.01. The van der Waals surface area contributed by atoms with Crippen LogP contribution in [0, 0.1) is 0 Å². The zero-order chi connectivity index (χ0) is 34.5. The molecule has 6 aromatic rings. The summed E-state index contributed by atoms with van der Waals surface area (Å²) in [6, 6.07) is 36.2. The third-order valence-corrected chi connectivity index (χ3v) is 9.84. The summed E-state index contributed by atoms with van der Waals surface area (Å²) in [5.74, 6) is 1.49. The molecule has 0 saturated heterocycles. The number of fused-ring (bicyclic) bond motifs is 4. The van der Waals surface area contributed by atoms with Gasteiger partial charge in [0.05, 0.1) is 13.2 Å². The van der Waals surface area contributed by atoms with Gasteiger partial charge >= 0.3 is 0 Å². The summed E-state index contributed by atoms with van der Waals surface area (Å²) in [6.45, 7) is 5.85. The summed E-state index contributed by atoms with van der Waals surface area (Å²) < 4.78 is 12.1. The molecular formula is C46H44O4. The second-order valence-corrected chi connectivity index (χ2v) is 13.4. The standard InChI is InChI=1S/C46H44O4/c1-3-5-7-11-23-49-37-19-15-31(16-20-37)39-27-35-29-43-44(46(48)42-26-34-14-10-9-13-33(34)25-41(42)45(43)47)30-36(35)28-40(39)32-17-21-38(22-18-32)50-24-12-8-6-4-2/h9-10,13-22,25-30H,3-8,11-12,23-24H2,1-2H3. The Hall–Kier alpha value is -5.22. The summed E-state index contributed by atoms with van der Waals surface area (Å²) >= 11 is 0. The van der Waals surface area contributed by atoms with E-state index in [1.807, 2.05) is 72.8 Å². The number of benzene rings is 6. The minimum atomic E-state index is -0.112. The number of ether oxygens (including phenoxy) is 2. The molecule has 7 rings (SSSR count). The predicted molar refractivity (Wildman–Crippen MR) is 205 cm³/mol. The van der Waals surface area contributed by atoms with E-state index in [0.717, 1.165) is 68.1 Å². The van der Waals surface area contributed by atoms with Crippen molar-refractivity contribution >= 4 is 33.1 Å². The molecule has 0 aromatic heterocycles. The van der Waals surface area contributed by atoms with Crippen molar-refractivity contribution in [3.63, 3.8) is 0 Å². The van der Waals surface area contributed by atoms with Crippen molar-refractivity contribution in [3.05, 3.63) is 131 Å². The Bertz CT molecular complexity index is 2000. The van der Waals surface area contributed by atoms with Gasteiger partial charge in [0, 0.05) is 22.3 Å². The lowest BCUT2D eigenvalue weighted by molar-refractivity contribution is 0.0979. The zero-order valence-electron chi connectivity index (χ0n) is 29.1. The van der Waals surface area contributed by atoms with Crippen molar-refractivity contribution < 1.29 is 19.1 Å². The third kappa shape index (κ3) is 6.93. The molecule has 4 nitrogen and oxygen atoms in total. The van der Waals surface area contributed by atoms with Gasteiger partial charge in [0.1, 0.15) is 11.5 Å². The molecular weight excluding hydrogens is 617 g/mol. The Labute approximate surface area is 295 Å². The van der Waals surface area contributed by atoms with Crippen LogP contribution in [-0.4, -0.2) is 24.8 Å². The van der Waals surface area contributed by atoms with Gasteiger partial charge in [-0.05, 0) is 117 Å². The van der Waals surface area contributed by atoms with E-state index in [1.54, 1.807) is 0 Å². The summed E-state index contributed by atoms with van der Waals surface area (Å²) in [7, 11) is 0. The molecule has 0 amide bonds. The van der Waals surface area contributed by atoms with Gasteiger partial charge in [-0.1, -0.05) is 101 Å². The first kappa shape index (κ1) is 33.3.